The average Bonchev–Trinajstić information content (AvgIpc) is 2.38. The summed E-state index contributed by atoms with van der Waals surface area (Å²) in [7, 11) is 0. The SMILES string of the molecule is CC1(O)CCN(C(=O)c2cnc(NN)c(Cl)c2)CC1. The van der Waals surface area contributed by atoms with E-state index in [9.17, 15) is 9.90 Å². The van der Waals surface area contributed by atoms with Crippen molar-refractivity contribution in [3.8, 4) is 0 Å². The lowest BCUT2D eigenvalue weighted by Gasteiger charge is -2.35. The number of nitrogens with one attached hydrogen (secondary N) is 1. The Kier molecular flexibility index (Phi) is 3.93. The molecule has 104 valence electrons. The summed E-state index contributed by atoms with van der Waals surface area (Å²) in [6.07, 6.45) is 2.58. The van der Waals surface area contributed by atoms with Crippen LogP contribution in [0.2, 0.25) is 5.02 Å². The summed E-state index contributed by atoms with van der Waals surface area (Å²) < 4.78 is 0. The van der Waals surface area contributed by atoms with Crippen LogP contribution in [0.5, 0.6) is 0 Å². The lowest BCUT2D eigenvalue weighted by Crippen LogP contribution is -2.45. The predicted molar refractivity (Wildman–Crippen MR) is 72.8 cm³/mol. The first-order valence-electron chi connectivity index (χ1n) is 6.07. The predicted octanol–water partition coefficient (Wildman–Crippen LogP) is 1.01. The van der Waals surface area contributed by atoms with Crippen LogP contribution in [0.25, 0.3) is 0 Å². The number of nitrogens with two attached hydrogens (primary N) is 1. The molecule has 0 spiro atoms. The van der Waals surface area contributed by atoms with E-state index in [4.69, 9.17) is 17.4 Å². The molecule has 19 heavy (non-hydrogen) atoms. The number of carbonyl (C=O) groups is 1. The molecular weight excluding hydrogens is 268 g/mol. The highest BCUT2D eigenvalue weighted by Crippen LogP contribution is 2.24. The Labute approximate surface area is 116 Å². The fourth-order valence-electron chi connectivity index (χ4n) is 2.04. The summed E-state index contributed by atoms with van der Waals surface area (Å²) >= 11 is 5.94. The number of anilines is 1. The minimum atomic E-state index is -0.681. The van der Waals surface area contributed by atoms with Gasteiger partial charge in [0, 0.05) is 19.3 Å². The zero-order chi connectivity index (χ0) is 14.0. The minimum absolute atomic E-state index is 0.131. The molecule has 0 aromatic carbocycles. The van der Waals surface area contributed by atoms with Crippen molar-refractivity contribution in [3.05, 3.63) is 22.8 Å². The molecule has 1 aliphatic rings. The normalized spacial score (nSPS) is 18.2. The van der Waals surface area contributed by atoms with Gasteiger partial charge in [-0.3, -0.25) is 4.79 Å². The molecule has 2 heterocycles. The Morgan fingerprint density at radius 2 is 2.21 bits per heavy atom. The van der Waals surface area contributed by atoms with Gasteiger partial charge >= 0.3 is 0 Å². The van der Waals surface area contributed by atoms with E-state index in [2.05, 4.69) is 10.4 Å². The van der Waals surface area contributed by atoms with E-state index in [1.807, 2.05) is 0 Å². The zero-order valence-corrected chi connectivity index (χ0v) is 11.4. The number of aliphatic hydroxyl groups is 1. The van der Waals surface area contributed by atoms with Crippen molar-refractivity contribution in [2.75, 3.05) is 18.5 Å². The van der Waals surface area contributed by atoms with Gasteiger partial charge in [-0.25, -0.2) is 10.8 Å². The number of pyridine rings is 1. The Hall–Kier alpha value is -1.37. The lowest BCUT2D eigenvalue weighted by atomic mass is 9.93. The molecule has 7 heteroatoms. The summed E-state index contributed by atoms with van der Waals surface area (Å²) in [5, 5.41) is 10.2. The van der Waals surface area contributed by atoms with E-state index in [1.54, 1.807) is 17.9 Å². The van der Waals surface area contributed by atoms with Crippen molar-refractivity contribution >= 4 is 23.3 Å². The van der Waals surface area contributed by atoms with Crippen LogP contribution in [0, 0.1) is 0 Å². The topological polar surface area (TPSA) is 91.5 Å². The van der Waals surface area contributed by atoms with E-state index >= 15 is 0 Å². The summed E-state index contributed by atoms with van der Waals surface area (Å²) in [4.78, 5) is 17.9. The van der Waals surface area contributed by atoms with Crippen molar-refractivity contribution in [2.45, 2.75) is 25.4 Å². The van der Waals surface area contributed by atoms with E-state index < -0.39 is 5.60 Å². The third-order valence-corrected chi connectivity index (χ3v) is 3.64. The second-order valence-corrected chi connectivity index (χ2v) is 5.40. The van der Waals surface area contributed by atoms with Crippen LogP contribution in [-0.2, 0) is 0 Å². The van der Waals surface area contributed by atoms with Gasteiger partial charge < -0.3 is 15.4 Å². The third-order valence-electron chi connectivity index (χ3n) is 3.35. The molecule has 0 unspecified atom stereocenters. The maximum atomic E-state index is 12.3. The van der Waals surface area contributed by atoms with Gasteiger partial charge in [-0.2, -0.15) is 0 Å². The zero-order valence-electron chi connectivity index (χ0n) is 10.7. The Balaban J connectivity index is 2.10. The highest BCUT2D eigenvalue weighted by Gasteiger charge is 2.30. The fourth-order valence-corrected chi connectivity index (χ4v) is 2.26. The number of likely N-dealkylation sites (tertiary alicyclic amines) is 1. The Morgan fingerprint density at radius 3 is 2.74 bits per heavy atom. The molecule has 1 aromatic heterocycles. The number of hydrogen-bond acceptors (Lipinski definition) is 5. The van der Waals surface area contributed by atoms with Gasteiger partial charge in [0.05, 0.1) is 16.2 Å². The first kappa shape index (κ1) is 14.0. The fraction of sp³-hybridized carbons (Fsp3) is 0.500. The average molecular weight is 285 g/mol. The van der Waals surface area contributed by atoms with Gasteiger partial charge in [-0.05, 0) is 25.8 Å². The van der Waals surface area contributed by atoms with E-state index in [-0.39, 0.29) is 5.91 Å². The molecule has 2 rings (SSSR count). The van der Waals surface area contributed by atoms with Gasteiger partial charge in [-0.1, -0.05) is 11.6 Å². The second-order valence-electron chi connectivity index (χ2n) is 4.99. The van der Waals surface area contributed by atoms with E-state index in [1.165, 1.54) is 6.20 Å². The van der Waals surface area contributed by atoms with Gasteiger partial charge in [0.1, 0.15) is 0 Å². The van der Waals surface area contributed by atoms with Gasteiger partial charge in [0.15, 0.2) is 5.82 Å². The van der Waals surface area contributed by atoms with Crippen molar-refractivity contribution in [1.29, 1.82) is 0 Å². The molecule has 1 aromatic rings. The van der Waals surface area contributed by atoms with Crippen LogP contribution in [0.3, 0.4) is 0 Å². The number of nitrogen functional groups attached to an aromatic ring is 1. The molecule has 0 bridgehead atoms. The number of hydrazine groups is 1. The van der Waals surface area contributed by atoms with Crippen LogP contribution in [0.4, 0.5) is 5.82 Å². The third kappa shape index (κ3) is 3.15. The largest absolute Gasteiger partial charge is 0.390 e. The lowest BCUT2D eigenvalue weighted by molar-refractivity contribution is -0.00203. The number of piperidine rings is 1. The van der Waals surface area contributed by atoms with Crippen molar-refractivity contribution in [2.24, 2.45) is 5.84 Å². The monoisotopic (exact) mass is 284 g/mol. The van der Waals surface area contributed by atoms with Crippen molar-refractivity contribution in [3.63, 3.8) is 0 Å². The van der Waals surface area contributed by atoms with Gasteiger partial charge in [0.25, 0.3) is 5.91 Å². The van der Waals surface area contributed by atoms with Crippen LogP contribution >= 0.6 is 11.6 Å². The molecule has 1 fully saturated rings. The Bertz CT molecular complexity index is 483. The number of halogens is 1. The molecule has 1 amide bonds. The van der Waals surface area contributed by atoms with E-state index in [0.717, 1.165) is 0 Å². The minimum Gasteiger partial charge on any atom is -0.390 e. The number of rotatable bonds is 2. The molecule has 6 nitrogen and oxygen atoms in total. The Morgan fingerprint density at radius 1 is 1.58 bits per heavy atom. The summed E-state index contributed by atoms with van der Waals surface area (Å²) in [6.45, 7) is 2.84. The molecule has 0 atom stereocenters. The second kappa shape index (κ2) is 5.32. The first-order chi connectivity index (χ1) is 8.93. The van der Waals surface area contributed by atoms with Crippen LogP contribution in [0.15, 0.2) is 12.3 Å². The van der Waals surface area contributed by atoms with Crippen LogP contribution in [-0.4, -0.2) is 39.6 Å². The summed E-state index contributed by atoms with van der Waals surface area (Å²) in [5.41, 5.74) is 2.09. The number of amides is 1. The number of nitrogens with zero attached hydrogens (tertiary/aromatic N) is 2. The van der Waals surface area contributed by atoms with Crippen LogP contribution in [0.1, 0.15) is 30.1 Å². The van der Waals surface area contributed by atoms with Crippen molar-refractivity contribution < 1.29 is 9.90 Å². The standard InChI is InChI=1S/C12H17ClN4O2/c1-12(19)2-4-17(5-3-12)11(18)8-6-9(13)10(16-14)15-7-8/h6-7,19H,2-5,14H2,1H3,(H,15,16). The molecule has 0 saturated carbocycles. The summed E-state index contributed by atoms with van der Waals surface area (Å²) in [6, 6.07) is 1.54. The van der Waals surface area contributed by atoms with Gasteiger partial charge in [0.2, 0.25) is 0 Å². The van der Waals surface area contributed by atoms with Crippen LogP contribution < -0.4 is 11.3 Å². The smallest absolute Gasteiger partial charge is 0.255 e. The molecule has 0 aliphatic carbocycles. The van der Waals surface area contributed by atoms with Crippen molar-refractivity contribution in [1.82, 2.24) is 9.88 Å². The molecule has 1 aliphatic heterocycles. The maximum absolute atomic E-state index is 12.3. The molecule has 1 saturated heterocycles. The highest BCUT2D eigenvalue weighted by molar-refractivity contribution is 6.33. The summed E-state index contributed by atoms with van der Waals surface area (Å²) in [5.74, 6) is 5.43. The number of hydrogen-bond donors (Lipinski definition) is 3. The molecule has 0 radical (unpaired) electrons. The van der Waals surface area contributed by atoms with Gasteiger partial charge in [-0.15, -0.1) is 0 Å². The molecular formula is C12H17ClN4O2. The maximum Gasteiger partial charge on any atom is 0.255 e. The number of aromatic nitrogens is 1. The highest BCUT2D eigenvalue weighted by atomic mass is 35.5. The molecule has 4 N–H and O–H groups in total. The number of carbonyl (C=O) groups excluding carboxylic acids is 1. The first-order valence-corrected chi connectivity index (χ1v) is 6.44. The van der Waals surface area contributed by atoms with E-state index in [0.29, 0.717) is 42.3 Å². The quantitative estimate of drug-likeness (QED) is 0.557.